The maximum atomic E-state index is 10.9. The molecule has 0 aliphatic rings. The van der Waals surface area contributed by atoms with Crippen LogP contribution in [-0.4, -0.2) is 28.3 Å². The number of carbonyl (C=O) groups excluding carboxylic acids is 1. The lowest BCUT2D eigenvalue weighted by Gasteiger charge is -2.10. The Morgan fingerprint density at radius 1 is 1.43 bits per heavy atom. The van der Waals surface area contributed by atoms with Crippen LogP contribution in [-0.2, 0) is 13.9 Å². The van der Waals surface area contributed by atoms with E-state index in [2.05, 4.69) is 4.52 Å². The molecule has 0 radical (unpaired) electrons. The number of unbranched alkanes of at least 4 members (excludes halogenated alkanes) is 1. The second-order valence-corrected chi connectivity index (χ2v) is 3.96. The Balaban J connectivity index is 3.82. The number of nitrogens with two attached hydrogens (primary N) is 2. The number of phosphoric acid groups is 1. The van der Waals surface area contributed by atoms with Gasteiger partial charge in [0.2, 0.25) is 0 Å². The maximum absolute atomic E-state index is 10.9. The van der Waals surface area contributed by atoms with Crippen LogP contribution in [0.5, 0.6) is 0 Å². The van der Waals surface area contributed by atoms with Gasteiger partial charge in [-0.15, -0.1) is 0 Å². The van der Waals surface area contributed by atoms with Gasteiger partial charge >= 0.3 is 13.8 Å². The first-order valence-corrected chi connectivity index (χ1v) is 5.64. The van der Waals surface area contributed by atoms with Crippen LogP contribution < -0.4 is 11.5 Å². The van der Waals surface area contributed by atoms with Crippen molar-refractivity contribution in [1.82, 2.24) is 0 Å². The number of hydrogen-bond donors (Lipinski definition) is 4. The number of carbonyl (C=O) groups is 1. The molecule has 14 heavy (non-hydrogen) atoms. The number of phosphoric ester groups is 1. The normalized spacial score (nSPS) is 13.7. The van der Waals surface area contributed by atoms with Crippen LogP contribution in [0.4, 0.5) is 0 Å². The molecule has 0 fully saturated rings. The lowest BCUT2D eigenvalue weighted by atomic mass is 10.1. The Morgan fingerprint density at radius 3 is 2.43 bits per heavy atom. The average molecular weight is 226 g/mol. The van der Waals surface area contributed by atoms with E-state index in [0.717, 1.165) is 0 Å². The molecule has 0 aliphatic carbocycles. The molecule has 1 unspecified atom stereocenters. The minimum Gasteiger partial charge on any atom is -0.369 e. The molecule has 0 saturated carbocycles. The van der Waals surface area contributed by atoms with Crippen LogP contribution in [0, 0.1) is 0 Å². The smallest absolute Gasteiger partial charge is 0.369 e. The summed E-state index contributed by atoms with van der Waals surface area (Å²) in [4.78, 5) is 27.5. The Morgan fingerprint density at radius 2 is 2.00 bits per heavy atom. The Hall–Kier alpha value is -0.460. The molecule has 0 amide bonds. The molecule has 0 heterocycles. The zero-order chi connectivity index (χ0) is 11.2. The first-order chi connectivity index (χ1) is 6.37. The van der Waals surface area contributed by atoms with Crippen molar-refractivity contribution in [3.63, 3.8) is 0 Å². The van der Waals surface area contributed by atoms with E-state index < -0.39 is 19.8 Å². The van der Waals surface area contributed by atoms with Crippen molar-refractivity contribution in [2.24, 2.45) is 11.5 Å². The van der Waals surface area contributed by atoms with E-state index in [1.54, 1.807) is 0 Å². The number of rotatable bonds is 6. The van der Waals surface area contributed by atoms with Gasteiger partial charge in [-0.1, -0.05) is 6.42 Å². The molecule has 1 atom stereocenters. The second-order valence-electron chi connectivity index (χ2n) is 2.79. The molecule has 0 rings (SSSR count). The predicted octanol–water partition coefficient (Wildman–Crippen LogP) is -0.921. The maximum Gasteiger partial charge on any atom is 0.527 e. The van der Waals surface area contributed by atoms with E-state index in [-0.39, 0.29) is 0 Å². The lowest BCUT2D eigenvalue weighted by Crippen LogP contribution is -2.31. The van der Waals surface area contributed by atoms with Gasteiger partial charge in [0.25, 0.3) is 0 Å². The van der Waals surface area contributed by atoms with E-state index in [1.807, 2.05) is 0 Å². The molecular formula is C6H15N2O5P. The molecule has 0 aliphatic heterocycles. The van der Waals surface area contributed by atoms with Crippen LogP contribution in [0.2, 0.25) is 0 Å². The van der Waals surface area contributed by atoms with E-state index in [0.29, 0.717) is 25.8 Å². The van der Waals surface area contributed by atoms with Crippen molar-refractivity contribution in [3.05, 3.63) is 0 Å². The summed E-state index contributed by atoms with van der Waals surface area (Å²) in [6.07, 6.45) is 1.63. The summed E-state index contributed by atoms with van der Waals surface area (Å²) in [5, 5.41) is 0. The highest BCUT2D eigenvalue weighted by Crippen LogP contribution is 2.36. The first kappa shape index (κ1) is 13.5. The molecule has 0 bridgehead atoms. The fraction of sp³-hybridized carbons (Fsp3) is 0.833. The summed E-state index contributed by atoms with van der Waals surface area (Å²) < 4.78 is 14.1. The third kappa shape index (κ3) is 6.99. The number of hydrogen-bond acceptors (Lipinski definition) is 5. The third-order valence-corrected chi connectivity index (χ3v) is 1.90. The van der Waals surface area contributed by atoms with Crippen LogP contribution in [0.1, 0.15) is 19.3 Å². The predicted molar refractivity (Wildman–Crippen MR) is 49.0 cm³/mol. The summed E-state index contributed by atoms with van der Waals surface area (Å²) >= 11 is 0. The van der Waals surface area contributed by atoms with Gasteiger partial charge in [-0.05, 0) is 19.4 Å². The third-order valence-electron chi connectivity index (χ3n) is 1.48. The molecule has 0 aromatic rings. The fourth-order valence-electron chi connectivity index (χ4n) is 0.811. The van der Waals surface area contributed by atoms with Crippen molar-refractivity contribution in [2.45, 2.75) is 25.3 Å². The largest absolute Gasteiger partial charge is 0.527 e. The van der Waals surface area contributed by atoms with Gasteiger partial charge in [0, 0.05) is 0 Å². The quantitative estimate of drug-likeness (QED) is 0.339. The SMILES string of the molecule is NCCCCC(N)C(=O)OP(=O)(O)O. The summed E-state index contributed by atoms with van der Waals surface area (Å²) in [7, 11) is -4.77. The topological polar surface area (TPSA) is 136 Å². The van der Waals surface area contributed by atoms with Gasteiger partial charge in [0.05, 0.1) is 0 Å². The van der Waals surface area contributed by atoms with Crippen molar-refractivity contribution < 1.29 is 23.7 Å². The van der Waals surface area contributed by atoms with E-state index in [1.165, 1.54) is 0 Å². The van der Waals surface area contributed by atoms with Gasteiger partial charge in [-0.2, -0.15) is 0 Å². The Kier molecular flexibility index (Phi) is 5.90. The van der Waals surface area contributed by atoms with E-state index >= 15 is 0 Å². The highest BCUT2D eigenvalue weighted by molar-refractivity contribution is 7.46. The zero-order valence-electron chi connectivity index (χ0n) is 7.63. The van der Waals surface area contributed by atoms with Gasteiger partial charge in [-0.3, -0.25) is 9.79 Å². The van der Waals surface area contributed by atoms with Gasteiger partial charge in [-0.25, -0.2) is 9.36 Å². The van der Waals surface area contributed by atoms with Crippen molar-refractivity contribution in [1.29, 1.82) is 0 Å². The molecule has 0 aromatic heterocycles. The van der Waals surface area contributed by atoms with Crippen molar-refractivity contribution >= 4 is 13.8 Å². The fourth-order valence-corrected chi connectivity index (χ4v) is 1.18. The molecule has 6 N–H and O–H groups in total. The Labute approximate surface area is 81.7 Å². The molecule has 7 nitrogen and oxygen atoms in total. The van der Waals surface area contributed by atoms with Gasteiger partial charge < -0.3 is 16.0 Å². The lowest BCUT2D eigenvalue weighted by molar-refractivity contribution is -0.137. The summed E-state index contributed by atoms with van der Waals surface area (Å²) in [5.41, 5.74) is 10.5. The van der Waals surface area contributed by atoms with Crippen molar-refractivity contribution in [3.8, 4) is 0 Å². The summed E-state index contributed by atoms with van der Waals surface area (Å²) in [6, 6.07) is -1.01. The van der Waals surface area contributed by atoms with Crippen molar-refractivity contribution in [2.75, 3.05) is 6.54 Å². The van der Waals surface area contributed by atoms with E-state index in [4.69, 9.17) is 21.3 Å². The van der Waals surface area contributed by atoms with E-state index in [9.17, 15) is 9.36 Å². The Bertz CT molecular complexity index is 228. The minimum absolute atomic E-state index is 0.302. The molecule has 8 heteroatoms. The highest BCUT2D eigenvalue weighted by Gasteiger charge is 2.24. The molecule has 0 aromatic carbocycles. The molecule has 0 spiro atoms. The monoisotopic (exact) mass is 226 g/mol. The standard InChI is InChI=1S/C6H15N2O5P/c7-4-2-1-3-5(8)6(9)13-14(10,11)12/h5H,1-4,7-8H2,(H2,10,11,12). The molecular weight excluding hydrogens is 211 g/mol. The zero-order valence-corrected chi connectivity index (χ0v) is 8.52. The molecule has 0 saturated heterocycles. The summed E-state index contributed by atoms with van der Waals surface area (Å²) in [5.74, 6) is -1.09. The average Bonchev–Trinajstić information content (AvgIpc) is 2.01. The highest BCUT2D eigenvalue weighted by atomic mass is 31.2. The first-order valence-electron chi connectivity index (χ1n) is 4.11. The second kappa shape index (κ2) is 6.10. The van der Waals surface area contributed by atoms with Crippen LogP contribution in [0.25, 0.3) is 0 Å². The van der Waals surface area contributed by atoms with Gasteiger partial charge in [0.15, 0.2) is 0 Å². The van der Waals surface area contributed by atoms with Gasteiger partial charge in [0.1, 0.15) is 6.04 Å². The minimum atomic E-state index is -4.77. The molecule has 84 valence electrons. The van der Waals surface area contributed by atoms with Crippen LogP contribution >= 0.6 is 7.82 Å². The van der Waals surface area contributed by atoms with Crippen LogP contribution in [0.3, 0.4) is 0 Å². The van der Waals surface area contributed by atoms with Crippen LogP contribution in [0.15, 0.2) is 0 Å². The summed E-state index contributed by atoms with van der Waals surface area (Å²) in [6.45, 7) is 0.486.